The van der Waals surface area contributed by atoms with E-state index in [4.69, 9.17) is 9.84 Å². The molecule has 1 heterocycles. The predicted octanol–water partition coefficient (Wildman–Crippen LogP) is 5.66. The molecule has 172 valence electrons. The first-order valence-corrected chi connectivity index (χ1v) is 10.0. The summed E-state index contributed by atoms with van der Waals surface area (Å²) in [6.45, 7) is 0.233. The second kappa shape index (κ2) is 9.57. The molecule has 0 amide bonds. The lowest BCUT2D eigenvalue weighted by atomic mass is 10.1. The number of ether oxygens (including phenoxy) is 1. The number of anilines is 1. The number of nitrogens with one attached hydrogen (secondary N) is 1. The highest BCUT2D eigenvalue weighted by Crippen LogP contribution is 2.37. The molecule has 0 aliphatic heterocycles. The monoisotopic (exact) mass is 466 g/mol. The van der Waals surface area contributed by atoms with Crippen LogP contribution >= 0.6 is 0 Å². The number of nitrogens with zero attached hydrogens (tertiary/aromatic N) is 3. The van der Waals surface area contributed by atoms with Crippen LogP contribution in [0.1, 0.15) is 21.5 Å². The number of benzene rings is 3. The Hall–Kier alpha value is -4.47. The topological polar surface area (TPSA) is 97.2 Å². The molecule has 2 N–H and O–H groups in total. The fourth-order valence-corrected chi connectivity index (χ4v) is 3.03. The Morgan fingerprint density at radius 2 is 1.56 bits per heavy atom. The molecule has 0 saturated carbocycles. The molecular weight excluding hydrogens is 449 g/mol. The van der Waals surface area contributed by atoms with Gasteiger partial charge in [0.25, 0.3) is 0 Å². The molecule has 3 aromatic carbocycles. The smallest absolute Gasteiger partial charge is 0.419 e. The van der Waals surface area contributed by atoms with Gasteiger partial charge in [-0.05, 0) is 29.8 Å². The standard InChI is InChI=1S/C24H17F3N4O3/c25-24(26,27)18-8-4-5-9-19(18)34-23-30-20(16-6-2-1-3-7-16)29-22(31-23)28-14-15-10-12-17(13-11-15)21(32)33/h1-13H,14H2,(H,32,33)(H,28,29,30,31). The third-order valence-electron chi connectivity index (χ3n) is 4.69. The quantitative estimate of drug-likeness (QED) is 0.363. The first-order valence-electron chi connectivity index (χ1n) is 10.0. The Morgan fingerprint density at radius 1 is 0.882 bits per heavy atom. The number of alkyl halides is 3. The van der Waals surface area contributed by atoms with E-state index in [9.17, 15) is 18.0 Å². The van der Waals surface area contributed by atoms with Gasteiger partial charge in [0, 0.05) is 12.1 Å². The number of hydrogen-bond donors (Lipinski definition) is 2. The number of carboxylic acids is 1. The van der Waals surface area contributed by atoms with E-state index in [0.717, 1.165) is 11.6 Å². The van der Waals surface area contributed by atoms with Crippen LogP contribution in [0.5, 0.6) is 11.8 Å². The lowest BCUT2D eigenvalue weighted by Crippen LogP contribution is -2.09. The number of hydrogen-bond acceptors (Lipinski definition) is 6. The Kier molecular flexibility index (Phi) is 6.39. The van der Waals surface area contributed by atoms with E-state index in [1.165, 1.54) is 30.3 Å². The van der Waals surface area contributed by atoms with E-state index in [1.54, 1.807) is 36.4 Å². The predicted molar refractivity (Wildman–Crippen MR) is 118 cm³/mol. The highest BCUT2D eigenvalue weighted by molar-refractivity contribution is 5.87. The first-order chi connectivity index (χ1) is 16.3. The summed E-state index contributed by atoms with van der Waals surface area (Å²) in [6, 6.07) is 19.5. The van der Waals surface area contributed by atoms with Crippen LogP contribution in [-0.2, 0) is 12.7 Å². The first kappa shape index (κ1) is 22.7. The van der Waals surface area contributed by atoms with Gasteiger partial charge in [-0.2, -0.15) is 28.1 Å². The minimum atomic E-state index is -4.62. The van der Waals surface area contributed by atoms with E-state index in [2.05, 4.69) is 20.3 Å². The van der Waals surface area contributed by atoms with E-state index < -0.39 is 23.5 Å². The van der Waals surface area contributed by atoms with Crippen molar-refractivity contribution in [1.82, 2.24) is 15.0 Å². The van der Waals surface area contributed by atoms with Crippen LogP contribution in [0.4, 0.5) is 19.1 Å². The number of aromatic carboxylic acids is 1. The van der Waals surface area contributed by atoms with Gasteiger partial charge in [0.1, 0.15) is 5.75 Å². The van der Waals surface area contributed by atoms with E-state index in [-0.39, 0.29) is 29.9 Å². The molecule has 0 radical (unpaired) electrons. The molecule has 10 heteroatoms. The van der Waals surface area contributed by atoms with E-state index in [0.29, 0.717) is 5.56 Å². The van der Waals surface area contributed by atoms with Crippen LogP contribution in [0.3, 0.4) is 0 Å². The molecular formula is C24H17F3N4O3. The number of carbonyl (C=O) groups is 1. The molecule has 0 bridgehead atoms. The zero-order chi connectivity index (χ0) is 24.1. The molecule has 1 aromatic heterocycles. The van der Waals surface area contributed by atoms with Crippen molar-refractivity contribution in [3.63, 3.8) is 0 Å². The second-order valence-electron chi connectivity index (χ2n) is 7.08. The van der Waals surface area contributed by atoms with Gasteiger partial charge in [-0.25, -0.2) is 4.79 Å². The van der Waals surface area contributed by atoms with Gasteiger partial charge in [-0.15, -0.1) is 0 Å². The zero-order valence-corrected chi connectivity index (χ0v) is 17.5. The minimum Gasteiger partial charge on any atom is -0.478 e. The number of aromatic nitrogens is 3. The zero-order valence-electron chi connectivity index (χ0n) is 17.5. The normalized spacial score (nSPS) is 11.1. The fraction of sp³-hybridized carbons (Fsp3) is 0.0833. The molecule has 0 aliphatic carbocycles. The largest absolute Gasteiger partial charge is 0.478 e. The van der Waals surface area contributed by atoms with Crippen molar-refractivity contribution in [3.8, 4) is 23.1 Å². The van der Waals surface area contributed by atoms with Gasteiger partial charge in [0.15, 0.2) is 5.82 Å². The van der Waals surface area contributed by atoms with Crippen molar-refractivity contribution in [3.05, 3.63) is 95.6 Å². The van der Waals surface area contributed by atoms with Crippen molar-refractivity contribution in [1.29, 1.82) is 0 Å². The molecule has 0 fully saturated rings. The summed E-state index contributed by atoms with van der Waals surface area (Å²) in [4.78, 5) is 23.7. The molecule has 0 saturated heterocycles. The maximum Gasteiger partial charge on any atom is 0.419 e. The van der Waals surface area contributed by atoms with Gasteiger partial charge in [-0.1, -0.05) is 54.6 Å². The second-order valence-corrected chi connectivity index (χ2v) is 7.08. The summed E-state index contributed by atoms with van der Waals surface area (Å²) in [5, 5.41) is 12.0. The number of carboxylic acid groups (broad SMARTS) is 1. The molecule has 0 aliphatic rings. The van der Waals surface area contributed by atoms with Crippen LogP contribution in [0.2, 0.25) is 0 Å². The minimum absolute atomic E-state index is 0.0793. The Balaban J connectivity index is 1.65. The number of para-hydroxylation sites is 1. The fourth-order valence-electron chi connectivity index (χ4n) is 3.03. The summed E-state index contributed by atoms with van der Waals surface area (Å²) in [7, 11) is 0. The summed E-state index contributed by atoms with van der Waals surface area (Å²) in [6.07, 6.45) is -4.62. The van der Waals surface area contributed by atoms with Gasteiger partial charge >= 0.3 is 18.2 Å². The van der Waals surface area contributed by atoms with Gasteiger partial charge in [-0.3, -0.25) is 0 Å². The van der Waals surface area contributed by atoms with Crippen molar-refractivity contribution >= 4 is 11.9 Å². The molecule has 0 atom stereocenters. The number of halogens is 3. The third kappa shape index (κ3) is 5.47. The lowest BCUT2D eigenvalue weighted by molar-refractivity contribution is -0.138. The maximum atomic E-state index is 13.4. The molecule has 4 rings (SSSR count). The van der Waals surface area contributed by atoms with Gasteiger partial charge in [0.2, 0.25) is 5.95 Å². The van der Waals surface area contributed by atoms with Crippen LogP contribution in [0, 0.1) is 0 Å². The summed E-state index contributed by atoms with van der Waals surface area (Å²) < 4.78 is 45.6. The highest BCUT2D eigenvalue weighted by Gasteiger charge is 2.34. The average molecular weight is 466 g/mol. The third-order valence-corrected chi connectivity index (χ3v) is 4.69. The van der Waals surface area contributed by atoms with Gasteiger partial charge in [0.05, 0.1) is 11.1 Å². The Morgan fingerprint density at radius 3 is 2.24 bits per heavy atom. The van der Waals surface area contributed by atoms with E-state index >= 15 is 0 Å². The summed E-state index contributed by atoms with van der Waals surface area (Å²) in [5.74, 6) is -1.18. The molecule has 7 nitrogen and oxygen atoms in total. The Bertz CT molecular complexity index is 1300. The van der Waals surface area contributed by atoms with Crippen LogP contribution in [0.15, 0.2) is 78.9 Å². The summed E-state index contributed by atoms with van der Waals surface area (Å²) in [5.41, 5.74) is 0.559. The molecule has 34 heavy (non-hydrogen) atoms. The molecule has 0 spiro atoms. The van der Waals surface area contributed by atoms with Crippen LogP contribution in [-0.4, -0.2) is 26.0 Å². The molecule has 4 aromatic rings. The molecule has 0 unspecified atom stereocenters. The van der Waals surface area contributed by atoms with Crippen molar-refractivity contribution < 1.29 is 27.8 Å². The summed E-state index contributed by atoms with van der Waals surface area (Å²) >= 11 is 0. The Labute approximate surface area is 191 Å². The van der Waals surface area contributed by atoms with Crippen molar-refractivity contribution in [2.45, 2.75) is 12.7 Å². The lowest BCUT2D eigenvalue weighted by Gasteiger charge is -2.13. The number of rotatable bonds is 7. The van der Waals surface area contributed by atoms with Crippen molar-refractivity contribution in [2.75, 3.05) is 5.32 Å². The SMILES string of the molecule is O=C(O)c1ccc(CNc2nc(Oc3ccccc3C(F)(F)F)nc(-c3ccccc3)n2)cc1. The average Bonchev–Trinajstić information content (AvgIpc) is 2.83. The van der Waals surface area contributed by atoms with Crippen LogP contribution in [0.25, 0.3) is 11.4 Å². The highest BCUT2D eigenvalue weighted by atomic mass is 19.4. The van der Waals surface area contributed by atoms with Crippen molar-refractivity contribution in [2.24, 2.45) is 0 Å². The van der Waals surface area contributed by atoms with E-state index in [1.807, 2.05) is 6.07 Å². The van der Waals surface area contributed by atoms with Gasteiger partial charge < -0.3 is 15.2 Å². The maximum absolute atomic E-state index is 13.4. The van der Waals surface area contributed by atoms with Crippen LogP contribution < -0.4 is 10.1 Å².